The highest BCUT2D eigenvalue weighted by atomic mass is 32.1. The van der Waals surface area contributed by atoms with E-state index in [9.17, 15) is 0 Å². The summed E-state index contributed by atoms with van der Waals surface area (Å²) in [5, 5.41) is 0. The molecule has 9 aromatic carbocycles. The number of rotatable bonds is 38. The molecule has 3 aromatic heterocycles. The zero-order valence-corrected chi connectivity index (χ0v) is 64.2. The number of hydrogen-bond donors (Lipinski definition) is 0. The van der Waals surface area contributed by atoms with Crippen LogP contribution < -0.4 is 9.80 Å². The highest BCUT2D eigenvalue weighted by molar-refractivity contribution is 7.19. The van der Waals surface area contributed by atoms with Crippen LogP contribution in [0.4, 0.5) is 34.1 Å². The third-order valence-corrected chi connectivity index (χ3v) is 25.7. The van der Waals surface area contributed by atoms with E-state index in [-0.39, 0.29) is 10.8 Å². The lowest BCUT2D eigenvalue weighted by Crippen LogP contribution is -2.26. The molecule has 528 valence electrons. The van der Waals surface area contributed by atoms with Gasteiger partial charge in [0.25, 0.3) is 0 Å². The number of hydrogen-bond acceptors (Lipinski definition) is 7. The lowest BCUT2D eigenvalue weighted by atomic mass is 9.70. The molecule has 4 nitrogen and oxygen atoms in total. The molecule has 0 bridgehead atoms. The van der Waals surface area contributed by atoms with E-state index in [4.69, 9.17) is 8.75 Å². The van der Waals surface area contributed by atoms with Crippen molar-refractivity contribution >= 4 is 79.6 Å². The second kappa shape index (κ2) is 34.6. The molecule has 0 radical (unpaired) electrons. The van der Waals surface area contributed by atoms with Crippen LogP contribution in [0.1, 0.15) is 230 Å². The van der Waals surface area contributed by atoms with E-state index in [1.807, 2.05) is 22.7 Å². The minimum Gasteiger partial charge on any atom is -0.310 e. The largest absolute Gasteiger partial charge is 0.310 e. The Bertz CT molecular complexity index is 4270. The molecule has 2 aliphatic rings. The highest BCUT2D eigenvalue weighted by Gasteiger charge is 2.45. The van der Waals surface area contributed by atoms with Gasteiger partial charge >= 0.3 is 0 Å². The monoisotopic (exact) mass is 1410 g/mol. The summed E-state index contributed by atoms with van der Waals surface area (Å²) in [4.78, 5) is 10.00. The molecule has 7 heteroatoms. The smallest absolute Gasteiger partial charge is 0.114 e. The van der Waals surface area contributed by atoms with Crippen LogP contribution in [0.15, 0.2) is 231 Å². The van der Waals surface area contributed by atoms with Crippen molar-refractivity contribution in [1.82, 2.24) is 8.75 Å². The Kier molecular flexibility index (Phi) is 24.1. The molecule has 12 aromatic rings. The molecule has 0 saturated carbocycles. The number of nitrogens with zero attached hydrogens (tertiary/aromatic N) is 4. The number of benzene rings is 9. The van der Waals surface area contributed by atoms with Gasteiger partial charge in [-0.1, -0.05) is 303 Å². The van der Waals surface area contributed by atoms with E-state index in [1.54, 1.807) is 0 Å². The Balaban J connectivity index is 0.787. The van der Waals surface area contributed by atoms with Gasteiger partial charge in [0.2, 0.25) is 0 Å². The average molecular weight is 1410 g/mol. The Hall–Kier alpha value is -8.20. The Morgan fingerprint density at radius 2 is 0.524 bits per heavy atom. The molecular weight excluding hydrogens is 1310 g/mol. The molecule has 0 saturated heterocycles. The maximum absolute atomic E-state index is 5.13. The first-order valence-electron chi connectivity index (χ1n) is 39.8. The molecule has 0 fully saturated rings. The van der Waals surface area contributed by atoms with Gasteiger partial charge in [-0.25, -0.2) is 0 Å². The van der Waals surface area contributed by atoms with Crippen molar-refractivity contribution in [2.24, 2.45) is 0 Å². The first kappa shape index (κ1) is 71.8. The second-order valence-electron chi connectivity index (χ2n) is 29.7. The summed E-state index contributed by atoms with van der Waals surface area (Å²) in [7, 11) is 0. The van der Waals surface area contributed by atoms with Crippen LogP contribution in [0, 0.1) is 0 Å². The normalized spacial score (nSPS) is 13.1. The minimum absolute atomic E-state index is 0.0992. The number of aromatic nitrogens is 2. The zero-order chi connectivity index (χ0) is 70.2. The number of thiophene rings is 2. The van der Waals surface area contributed by atoms with E-state index >= 15 is 0 Å². The average Bonchev–Trinajstić information content (AvgIpc) is 1.57. The third-order valence-electron chi connectivity index (χ3n) is 22.8. The van der Waals surface area contributed by atoms with Gasteiger partial charge in [0.05, 0.1) is 11.7 Å². The maximum atomic E-state index is 5.13. The van der Waals surface area contributed by atoms with Gasteiger partial charge in [-0.2, -0.15) is 8.75 Å². The van der Waals surface area contributed by atoms with Crippen molar-refractivity contribution in [3.8, 4) is 64.0 Å². The van der Waals surface area contributed by atoms with Crippen molar-refractivity contribution in [3.63, 3.8) is 0 Å². The SMILES string of the molecule is CCCCCCCCC1(CCCCCCCC)c2cc(-c3ccc(-c4ccc(-c5ccc(-c6ccc7c(c6)C(CCCCCCCC)(CCCCCCCC)c6cc(N(c8ccccc8)c8ccccc8)ccc6-7)s5)c5nsnc45)s3)ccc2-c2ccc(N(c3ccccc3)c3ccccc3)cc21. The Morgan fingerprint density at radius 3 is 0.845 bits per heavy atom. The summed E-state index contributed by atoms with van der Waals surface area (Å²) in [6, 6.07) is 88.1. The molecule has 0 atom stereocenters. The third kappa shape index (κ3) is 15.6. The van der Waals surface area contributed by atoms with Crippen LogP contribution in [0.5, 0.6) is 0 Å². The number of unbranched alkanes of at least 4 members (excludes halogenated alkanes) is 20. The molecule has 2 aliphatic carbocycles. The zero-order valence-electron chi connectivity index (χ0n) is 61.8. The van der Waals surface area contributed by atoms with Crippen molar-refractivity contribution in [2.75, 3.05) is 9.80 Å². The van der Waals surface area contributed by atoms with Crippen molar-refractivity contribution < 1.29 is 0 Å². The molecule has 14 rings (SSSR count). The van der Waals surface area contributed by atoms with E-state index in [0.29, 0.717) is 0 Å². The van der Waals surface area contributed by atoms with Crippen LogP contribution in [0.2, 0.25) is 0 Å². The summed E-state index contributed by atoms with van der Waals surface area (Å²) in [5.74, 6) is 0. The minimum atomic E-state index is -0.0992. The quantitative estimate of drug-likeness (QED) is 0.0361. The molecule has 103 heavy (non-hydrogen) atoms. The van der Waals surface area contributed by atoms with Gasteiger partial charge in [-0.3, -0.25) is 0 Å². The molecule has 0 aliphatic heterocycles. The predicted molar refractivity (Wildman–Crippen MR) is 449 cm³/mol. The van der Waals surface area contributed by atoms with Gasteiger partial charge in [-0.05, 0) is 191 Å². The summed E-state index contributed by atoms with van der Waals surface area (Å²) < 4.78 is 10.3. The van der Waals surface area contributed by atoms with Crippen LogP contribution in [-0.4, -0.2) is 8.75 Å². The summed E-state index contributed by atoms with van der Waals surface area (Å²) in [6.45, 7) is 9.33. The molecule has 3 heterocycles. The van der Waals surface area contributed by atoms with Crippen molar-refractivity contribution in [2.45, 2.75) is 218 Å². The molecular formula is C96H106N4S3. The van der Waals surface area contributed by atoms with Gasteiger partial charge in [0.15, 0.2) is 0 Å². The topological polar surface area (TPSA) is 32.3 Å². The lowest BCUT2D eigenvalue weighted by Gasteiger charge is -2.34. The fourth-order valence-electron chi connectivity index (χ4n) is 17.4. The lowest BCUT2D eigenvalue weighted by molar-refractivity contribution is 0.398. The summed E-state index contributed by atoms with van der Waals surface area (Å²) in [5.41, 5.74) is 25.6. The van der Waals surface area contributed by atoms with Crippen LogP contribution >= 0.6 is 34.4 Å². The Labute approximate surface area is 628 Å². The summed E-state index contributed by atoms with van der Waals surface area (Å²) >= 11 is 5.15. The Morgan fingerprint density at radius 1 is 0.252 bits per heavy atom. The number of para-hydroxylation sites is 4. The summed E-state index contributed by atoms with van der Waals surface area (Å²) in [6.07, 6.45) is 35.6. The van der Waals surface area contributed by atoms with E-state index in [1.165, 1.54) is 275 Å². The first-order chi connectivity index (χ1) is 50.9. The van der Waals surface area contributed by atoms with Gasteiger partial charge in [0.1, 0.15) is 11.0 Å². The molecule has 0 amide bonds. The molecule has 0 N–H and O–H groups in total. The van der Waals surface area contributed by atoms with Gasteiger partial charge < -0.3 is 9.80 Å². The standard InChI is InChI=1S/C96H106N4S3/c1-5-9-13-17-21-37-63-95(64-38-22-18-14-10-6-2)85-67-71(49-53-79(85)81-55-51-77(69-87(81)95)99(73-41-29-25-30-42-73)74-43-31-26-32-44-74)89-59-61-91(101-89)83-57-58-84(94-93(83)97-103-98-94)92-62-60-90(102-92)72-50-54-80-82-56-52-78(100(75-45-33-27-34-46-75)76-47-35-28-36-48-76)70-88(82)96(86(80)68-72,65-39-23-19-15-11-7-3)66-40-24-20-16-12-8-4/h25-36,41-62,67-70H,5-24,37-40,63-66H2,1-4H3. The maximum Gasteiger partial charge on any atom is 0.114 e. The first-order valence-corrected chi connectivity index (χ1v) is 42.2. The molecule has 0 unspecified atom stereocenters. The van der Waals surface area contributed by atoms with Crippen molar-refractivity contribution in [3.05, 3.63) is 253 Å². The van der Waals surface area contributed by atoms with Crippen LogP contribution in [0.3, 0.4) is 0 Å². The fourth-order valence-corrected chi connectivity index (χ4v) is 20.1. The van der Waals surface area contributed by atoms with Gasteiger partial charge in [0, 0.05) is 75.6 Å². The number of anilines is 6. The van der Waals surface area contributed by atoms with E-state index in [0.717, 1.165) is 47.8 Å². The van der Waals surface area contributed by atoms with Crippen LogP contribution in [-0.2, 0) is 10.8 Å². The predicted octanol–water partition coefficient (Wildman–Crippen LogP) is 31.0. The molecule has 0 spiro atoms. The van der Waals surface area contributed by atoms with Crippen molar-refractivity contribution in [1.29, 1.82) is 0 Å². The highest BCUT2D eigenvalue weighted by Crippen LogP contribution is 2.59. The number of fused-ring (bicyclic) bond motifs is 7. The van der Waals surface area contributed by atoms with Gasteiger partial charge in [-0.15, -0.1) is 22.7 Å². The van der Waals surface area contributed by atoms with Crippen LogP contribution in [0.25, 0.3) is 75.0 Å². The second-order valence-corrected chi connectivity index (χ2v) is 32.4. The van der Waals surface area contributed by atoms with E-state index in [2.05, 4.69) is 268 Å². The van der Waals surface area contributed by atoms with E-state index < -0.39 is 0 Å². The fraction of sp³-hybridized carbons (Fsp3) is 0.354.